The molecule has 0 aliphatic rings. The van der Waals surface area contributed by atoms with Crippen molar-refractivity contribution >= 4 is 11.9 Å². The van der Waals surface area contributed by atoms with E-state index in [0.717, 1.165) is 5.56 Å². The minimum atomic E-state index is -0.615. The fourth-order valence-corrected chi connectivity index (χ4v) is 1.93. The quantitative estimate of drug-likeness (QED) is 0.822. The van der Waals surface area contributed by atoms with Gasteiger partial charge in [-0.2, -0.15) is 5.26 Å². The highest BCUT2D eigenvalue weighted by Gasteiger charge is 2.10. The Bertz CT molecular complexity index is 763. The van der Waals surface area contributed by atoms with Gasteiger partial charge in [-0.05, 0) is 42.0 Å². The first-order valence-electron chi connectivity index (χ1n) is 7.19. The molecular weight excluding hydrogens is 308 g/mol. The standard InChI is InChI=1S/C18H16N2O4/c1-23-16-4-2-3-14(9-16)11-20-17(21)12-24-18(22)15-7-5-13(10-19)6-8-15/h2-9H,11-12H2,1H3,(H,20,21). The smallest absolute Gasteiger partial charge is 0.338 e. The number of hydrogen-bond acceptors (Lipinski definition) is 5. The van der Waals surface area contributed by atoms with Gasteiger partial charge in [0.1, 0.15) is 5.75 Å². The number of ether oxygens (including phenoxy) is 2. The summed E-state index contributed by atoms with van der Waals surface area (Å²) in [4.78, 5) is 23.5. The average molecular weight is 324 g/mol. The number of carbonyl (C=O) groups excluding carboxylic acids is 2. The third kappa shape index (κ3) is 4.85. The zero-order valence-corrected chi connectivity index (χ0v) is 13.1. The summed E-state index contributed by atoms with van der Waals surface area (Å²) in [5.74, 6) is -0.315. The highest BCUT2D eigenvalue weighted by molar-refractivity contribution is 5.91. The molecule has 0 aromatic heterocycles. The van der Waals surface area contributed by atoms with E-state index < -0.39 is 11.9 Å². The van der Waals surface area contributed by atoms with Gasteiger partial charge in [0.15, 0.2) is 6.61 Å². The fourth-order valence-electron chi connectivity index (χ4n) is 1.93. The summed E-state index contributed by atoms with van der Waals surface area (Å²) in [6, 6.07) is 15.2. The zero-order valence-electron chi connectivity index (χ0n) is 13.1. The third-order valence-electron chi connectivity index (χ3n) is 3.21. The van der Waals surface area contributed by atoms with Crippen LogP contribution in [0.4, 0.5) is 0 Å². The van der Waals surface area contributed by atoms with E-state index in [4.69, 9.17) is 14.7 Å². The van der Waals surface area contributed by atoms with Crippen LogP contribution in [0.3, 0.4) is 0 Å². The number of nitriles is 1. The number of nitrogens with one attached hydrogen (secondary N) is 1. The Morgan fingerprint density at radius 2 is 1.92 bits per heavy atom. The summed E-state index contributed by atoms with van der Waals surface area (Å²) in [5.41, 5.74) is 1.61. The fraction of sp³-hybridized carbons (Fsp3) is 0.167. The topological polar surface area (TPSA) is 88.4 Å². The lowest BCUT2D eigenvalue weighted by atomic mass is 10.1. The van der Waals surface area contributed by atoms with Crippen LogP contribution in [0.2, 0.25) is 0 Å². The Morgan fingerprint density at radius 1 is 1.17 bits per heavy atom. The predicted octanol–water partition coefficient (Wildman–Crippen LogP) is 2.04. The highest BCUT2D eigenvalue weighted by Crippen LogP contribution is 2.12. The van der Waals surface area contributed by atoms with Crippen molar-refractivity contribution in [1.29, 1.82) is 5.26 Å². The number of rotatable bonds is 6. The maximum Gasteiger partial charge on any atom is 0.338 e. The van der Waals surface area contributed by atoms with E-state index >= 15 is 0 Å². The van der Waals surface area contributed by atoms with Crippen LogP contribution in [-0.2, 0) is 16.1 Å². The van der Waals surface area contributed by atoms with E-state index in [9.17, 15) is 9.59 Å². The minimum Gasteiger partial charge on any atom is -0.497 e. The Morgan fingerprint density at radius 3 is 2.58 bits per heavy atom. The number of nitrogens with zero attached hydrogens (tertiary/aromatic N) is 1. The minimum absolute atomic E-state index is 0.287. The van der Waals surface area contributed by atoms with Crippen LogP contribution in [0, 0.1) is 11.3 Å². The van der Waals surface area contributed by atoms with Crippen molar-refractivity contribution in [1.82, 2.24) is 5.32 Å². The maximum absolute atomic E-state index is 11.8. The molecule has 2 aromatic rings. The lowest BCUT2D eigenvalue weighted by Gasteiger charge is -2.08. The summed E-state index contributed by atoms with van der Waals surface area (Å²) >= 11 is 0. The van der Waals surface area contributed by atoms with Crippen molar-refractivity contribution in [3.63, 3.8) is 0 Å². The Hall–Kier alpha value is -3.33. The Balaban J connectivity index is 1.79. The van der Waals surface area contributed by atoms with Crippen LogP contribution in [0.5, 0.6) is 5.75 Å². The van der Waals surface area contributed by atoms with Crippen LogP contribution in [0.15, 0.2) is 48.5 Å². The van der Waals surface area contributed by atoms with Gasteiger partial charge >= 0.3 is 5.97 Å². The second kappa shape index (κ2) is 8.34. The molecule has 0 spiro atoms. The lowest BCUT2D eigenvalue weighted by Crippen LogP contribution is -2.28. The van der Waals surface area contributed by atoms with Crippen molar-refractivity contribution in [3.8, 4) is 11.8 Å². The van der Waals surface area contributed by atoms with Crippen molar-refractivity contribution < 1.29 is 19.1 Å². The van der Waals surface area contributed by atoms with E-state index in [2.05, 4.69) is 5.32 Å². The summed E-state index contributed by atoms with van der Waals surface area (Å²) in [5, 5.41) is 11.4. The second-order valence-electron chi connectivity index (χ2n) is 4.89. The van der Waals surface area contributed by atoms with E-state index in [1.165, 1.54) is 24.3 Å². The molecule has 0 aliphatic heterocycles. The molecular formula is C18H16N2O4. The van der Waals surface area contributed by atoms with Crippen LogP contribution < -0.4 is 10.1 Å². The van der Waals surface area contributed by atoms with Crippen molar-refractivity contribution in [2.75, 3.05) is 13.7 Å². The first kappa shape index (κ1) is 17.0. The molecule has 1 N–H and O–H groups in total. The molecule has 122 valence electrons. The van der Waals surface area contributed by atoms with Gasteiger partial charge < -0.3 is 14.8 Å². The number of esters is 1. The molecule has 6 nitrogen and oxygen atoms in total. The molecule has 0 radical (unpaired) electrons. The number of carbonyl (C=O) groups is 2. The molecule has 2 rings (SSSR count). The van der Waals surface area contributed by atoms with Gasteiger partial charge in [-0.25, -0.2) is 4.79 Å². The molecule has 0 bridgehead atoms. The number of hydrogen-bond donors (Lipinski definition) is 1. The van der Waals surface area contributed by atoms with Crippen LogP contribution in [0.1, 0.15) is 21.5 Å². The summed E-state index contributed by atoms with van der Waals surface area (Å²) in [6.45, 7) is -0.0622. The molecule has 2 aromatic carbocycles. The van der Waals surface area contributed by atoms with Gasteiger partial charge in [0.25, 0.3) is 5.91 Å². The highest BCUT2D eigenvalue weighted by atomic mass is 16.5. The SMILES string of the molecule is COc1cccc(CNC(=O)COC(=O)c2ccc(C#N)cc2)c1. The average Bonchev–Trinajstić information content (AvgIpc) is 2.64. The monoisotopic (exact) mass is 324 g/mol. The Kier molecular flexibility index (Phi) is 5.92. The van der Waals surface area contributed by atoms with Crippen molar-refractivity contribution in [2.45, 2.75) is 6.54 Å². The normalized spacial score (nSPS) is 9.67. The van der Waals surface area contributed by atoms with Gasteiger partial charge in [0.05, 0.1) is 24.3 Å². The summed E-state index contributed by atoms with van der Waals surface area (Å²) < 4.78 is 10.0. The van der Waals surface area contributed by atoms with Crippen LogP contribution in [0.25, 0.3) is 0 Å². The molecule has 24 heavy (non-hydrogen) atoms. The number of benzene rings is 2. The molecule has 0 heterocycles. The van der Waals surface area contributed by atoms with Crippen LogP contribution in [-0.4, -0.2) is 25.6 Å². The molecule has 0 aliphatic carbocycles. The van der Waals surface area contributed by atoms with Gasteiger partial charge in [0.2, 0.25) is 0 Å². The van der Waals surface area contributed by atoms with E-state index in [1.807, 2.05) is 30.3 Å². The summed E-state index contributed by atoms with van der Waals surface area (Å²) in [6.07, 6.45) is 0. The van der Waals surface area contributed by atoms with Gasteiger partial charge in [-0.3, -0.25) is 4.79 Å². The Labute approximate surface area is 139 Å². The molecule has 6 heteroatoms. The number of amides is 1. The summed E-state index contributed by atoms with van der Waals surface area (Å²) in [7, 11) is 1.57. The van der Waals surface area contributed by atoms with Crippen molar-refractivity contribution in [2.24, 2.45) is 0 Å². The van der Waals surface area contributed by atoms with Gasteiger partial charge in [-0.15, -0.1) is 0 Å². The first-order valence-corrected chi connectivity index (χ1v) is 7.19. The van der Waals surface area contributed by atoms with Crippen LogP contribution >= 0.6 is 0 Å². The zero-order chi connectivity index (χ0) is 17.4. The molecule has 1 amide bonds. The first-order chi connectivity index (χ1) is 11.6. The van der Waals surface area contributed by atoms with E-state index in [-0.39, 0.29) is 12.2 Å². The molecule has 0 saturated carbocycles. The van der Waals surface area contributed by atoms with E-state index in [1.54, 1.807) is 7.11 Å². The number of methoxy groups -OCH3 is 1. The third-order valence-corrected chi connectivity index (χ3v) is 3.21. The molecule has 0 fully saturated rings. The lowest BCUT2D eigenvalue weighted by molar-refractivity contribution is -0.124. The maximum atomic E-state index is 11.8. The molecule has 0 saturated heterocycles. The molecule has 0 unspecified atom stereocenters. The second-order valence-corrected chi connectivity index (χ2v) is 4.89. The largest absolute Gasteiger partial charge is 0.497 e. The molecule has 0 atom stereocenters. The van der Waals surface area contributed by atoms with Crippen molar-refractivity contribution in [3.05, 3.63) is 65.2 Å². The van der Waals surface area contributed by atoms with Gasteiger partial charge in [0, 0.05) is 6.54 Å². The predicted molar refractivity (Wildman–Crippen MR) is 86.3 cm³/mol. The van der Waals surface area contributed by atoms with E-state index in [0.29, 0.717) is 17.9 Å². The van der Waals surface area contributed by atoms with Gasteiger partial charge in [-0.1, -0.05) is 12.1 Å².